The summed E-state index contributed by atoms with van der Waals surface area (Å²) in [5, 5.41) is 20.9. The number of rotatable bonds is 8. The minimum Gasteiger partial charge on any atom is -0.479 e. The summed E-state index contributed by atoms with van der Waals surface area (Å²) in [6.07, 6.45) is -0.999. The molecule has 14 heteroatoms. The molecule has 0 amide bonds. The topological polar surface area (TPSA) is 152 Å². The van der Waals surface area contributed by atoms with Gasteiger partial charge in [-0.1, -0.05) is 13.0 Å². The Morgan fingerprint density at radius 1 is 1.08 bits per heavy atom. The van der Waals surface area contributed by atoms with Crippen molar-refractivity contribution in [2.75, 3.05) is 17.6 Å². The summed E-state index contributed by atoms with van der Waals surface area (Å²) in [5.41, 5.74) is 1.65. The molecule has 0 bridgehead atoms. The Morgan fingerprint density at radius 2 is 1.82 bits per heavy atom. The summed E-state index contributed by atoms with van der Waals surface area (Å²) in [7, 11) is -2.53. The van der Waals surface area contributed by atoms with Crippen LogP contribution in [0.1, 0.15) is 35.4 Å². The van der Waals surface area contributed by atoms with E-state index in [1.165, 1.54) is 48.0 Å². The third-order valence-electron chi connectivity index (χ3n) is 8.64. The minimum atomic E-state index is -3.87. The van der Waals surface area contributed by atoms with Gasteiger partial charge < -0.3 is 23.9 Å². The molecule has 1 unspecified atom stereocenters. The number of ether oxygens (including phenoxy) is 1. The molecule has 0 fully saturated rings. The van der Waals surface area contributed by atoms with E-state index in [9.17, 15) is 32.6 Å². The fourth-order valence-electron chi connectivity index (χ4n) is 6.22. The van der Waals surface area contributed by atoms with Crippen molar-refractivity contribution in [3.63, 3.8) is 0 Å². The Morgan fingerprint density at radius 3 is 2.49 bits per heavy atom. The number of benzene rings is 3. The van der Waals surface area contributed by atoms with Crippen molar-refractivity contribution in [1.82, 2.24) is 9.55 Å². The number of carbonyl (C=O) groups is 2. The SMILES string of the molecule is CCC(=O)c1c(-c2ccc(F)cc2)oc2cc(N(C)S(C)(=O)=O)c(-c3ccc4c(n3)-c3c(C(O)C(=O)O)c5c(F)cccc5n3CO4)cc12. The molecule has 7 rings (SSSR count). The number of pyridine rings is 1. The van der Waals surface area contributed by atoms with Crippen molar-refractivity contribution in [2.24, 2.45) is 0 Å². The van der Waals surface area contributed by atoms with Gasteiger partial charge in [-0.3, -0.25) is 9.10 Å². The van der Waals surface area contributed by atoms with Crippen LogP contribution in [0, 0.1) is 11.6 Å². The number of carboxylic acids is 1. The van der Waals surface area contributed by atoms with E-state index < -0.39 is 33.7 Å². The predicted molar refractivity (Wildman–Crippen MR) is 177 cm³/mol. The highest BCUT2D eigenvalue weighted by atomic mass is 32.2. The number of furan rings is 1. The normalized spacial score (nSPS) is 13.2. The molecule has 11 nitrogen and oxygen atoms in total. The van der Waals surface area contributed by atoms with Crippen LogP contribution in [0.25, 0.3) is 55.8 Å². The van der Waals surface area contributed by atoms with E-state index in [0.717, 1.165) is 16.6 Å². The molecule has 250 valence electrons. The largest absolute Gasteiger partial charge is 0.479 e. The summed E-state index contributed by atoms with van der Waals surface area (Å²) < 4.78 is 69.4. The highest BCUT2D eigenvalue weighted by Crippen LogP contribution is 2.46. The Hall–Kier alpha value is -5.60. The van der Waals surface area contributed by atoms with Crippen LogP contribution in [-0.4, -0.2) is 53.2 Å². The standard InChI is InChI=1S/C35H27F2N3O8S/c1-4-25(41)28-20-14-19(24(39(2)49(3,45)46)15-27(20)48-34(28)17-8-10-18(36)11-9-17)22-12-13-26-31(38-22)32-30(33(42)35(43)44)29-21(37)6-5-7-23(29)40(32)16-47-26/h5-15,33,42H,4,16H2,1-3H3,(H,43,44). The number of hydrogen-bond donors (Lipinski definition) is 2. The van der Waals surface area contributed by atoms with Gasteiger partial charge in [0.2, 0.25) is 10.0 Å². The summed E-state index contributed by atoms with van der Waals surface area (Å²) in [5.74, 6) is -2.72. The van der Waals surface area contributed by atoms with Gasteiger partial charge in [-0.15, -0.1) is 0 Å². The van der Waals surface area contributed by atoms with E-state index in [-0.39, 0.29) is 86.4 Å². The molecule has 0 saturated heterocycles. The number of carboxylic acid groups (broad SMARTS) is 1. The fourth-order valence-corrected chi connectivity index (χ4v) is 6.73. The molecule has 0 spiro atoms. The van der Waals surface area contributed by atoms with E-state index in [0.29, 0.717) is 10.9 Å². The van der Waals surface area contributed by atoms with E-state index in [1.54, 1.807) is 31.2 Å². The highest BCUT2D eigenvalue weighted by molar-refractivity contribution is 7.92. The maximum atomic E-state index is 15.3. The number of aliphatic hydroxyl groups is 1. The lowest BCUT2D eigenvalue weighted by Gasteiger charge is -2.24. The first-order valence-electron chi connectivity index (χ1n) is 15.0. The molecule has 49 heavy (non-hydrogen) atoms. The van der Waals surface area contributed by atoms with Gasteiger partial charge >= 0.3 is 5.97 Å². The maximum absolute atomic E-state index is 15.3. The molecule has 2 N–H and O–H groups in total. The van der Waals surface area contributed by atoms with Crippen molar-refractivity contribution in [2.45, 2.75) is 26.2 Å². The number of nitrogens with zero attached hydrogens (tertiary/aromatic N) is 3. The first-order valence-corrected chi connectivity index (χ1v) is 16.8. The van der Waals surface area contributed by atoms with Crippen molar-refractivity contribution in [3.05, 3.63) is 89.5 Å². The number of aromatic nitrogens is 2. The van der Waals surface area contributed by atoms with Gasteiger partial charge in [-0.2, -0.15) is 0 Å². The van der Waals surface area contributed by atoms with Gasteiger partial charge in [0.1, 0.15) is 34.4 Å². The van der Waals surface area contributed by atoms with Gasteiger partial charge in [0.25, 0.3) is 0 Å². The molecular weight excluding hydrogens is 660 g/mol. The highest BCUT2D eigenvalue weighted by Gasteiger charge is 2.34. The molecule has 3 aromatic carbocycles. The summed E-state index contributed by atoms with van der Waals surface area (Å²) >= 11 is 0. The maximum Gasteiger partial charge on any atom is 0.337 e. The smallest absolute Gasteiger partial charge is 0.337 e. The number of sulfonamides is 1. The lowest BCUT2D eigenvalue weighted by Crippen LogP contribution is -2.25. The lowest BCUT2D eigenvalue weighted by atomic mass is 9.97. The fraction of sp³-hybridized carbons (Fsp3) is 0.171. The minimum absolute atomic E-state index is 0.0757. The zero-order chi connectivity index (χ0) is 34.9. The summed E-state index contributed by atoms with van der Waals surface area (Å²) in [6, 6.07) is 15.7. The van der Waals surface area contributed by atoms with Crippen LogP contribution in [0.5, 0.6) is 5.75 Å². The number of Topliss-reactive ketones (excluding diaryl/α,β-unsaturated/α-hetero) is 1. The monoisotopic (exact) mass is 687 g/mol. The van der Waals surface area contributed by atoms with Crippen molar-refractivity contribution in [3.8, 4) is 39.7 Å². The quantitative estimate of drug-likeness (QED) is 0.170. The number of hydrogen-bond acceptors (Lipinski definition) is 8. The van der Waals surface area contributed by atoms with E-state index in [1.807, 2.05) is 0 Å². The summed E-state index contributed by atoms with van der Waals surface area (Å²) in [6.45, 7) is 1.55. The molecule has 6 aromatic rings. The Balaban J connectivity index is 1.53. The van der Waals surface area contributed by atoms with Crippen LogP contribution >= 0.6 is 0 Å². The number of aliphatic hydroxyl groups excluding tert-OH is 1. The third kappa shape index (κ3) is 5.11. The van der Waals surface area contributed by atoms with Gasteiger partial charge in [0, 0.05) is 47.0 Å². The van der Waals surface area contributed by atoms with Gasteiger partial charge in [0.05, 0.1) is 34.4 Å². The first kappa shape index (κ1) is 32.0. The molecule has 1 aliphatic rings. The van der Waals surface area contributed by atoms with Crippen molar-refractivity contribution in [1.29, 1.82) is 0 Å². The van der Waals surface area contributed by atoms with Crippen LogP contribution in [0.15, 0.2) is 71.1 Å². The molecule has 0 aliphatic carbocycles. The zero-order valence-electron chi connectivity index (χ0n) is 26.2. The average molecular weight is 688 g/mol. The average Bonchev–Trinajstić information content (AvgIpc) is 3.63. The van der Waals surface area contributed by atoms with E-state index in [4.69, 9.17) is 14.1 Å². The van der Waals surface area contributed by atoms with Crippen LogP contribution < -0.4 is 9.04 Å². The van der Waals surface area contributed by atoms with Gasteiger partial charge in [-0.05, 0) is 54.6 Å². The Kier molecular flexibility index (Phi) is 7.52. The molecule has 0 saturated carbocycles. The van der Waals surface area contributed by atoms with Crippen molar-refractivity contribution >= 4 is 49.3 Å². The molecule has 0 radical (unpaired) electrons. The second-order valence-electron chi connectivity index (χ2n) is 11.6. The molecule has 4 heterocycles. The molecule has 3 aromatic heterocycles. The lowest BCUT2D eigenvalue weighted by molar-refractivity contribution is -0.146. The Bertz CT molecular complexity index is 2470. The first-order chi connectivity index (χ1) is 23.3. The zero-order valence-corrected chi connectivity index (χ0v) is 27.0. The van der Waals surface area contributed by atoms with Gasteiger partial charge in [-0.25, -0.2) is 27.0 Å². The van der Waals surface area contributed by atoms with E-state index in [2.05, 4.69) is 0 Å². The number of halogens is 2. The Labute approximate surface area is 277 Å². The molecular formula is C35H27F2N3O8S. The number of anilines is 1. The number of carbonyl (C=O) groups excluding carboxylic acids is 1. The second kappa shape index (κ2) is 11.5. The number of fused-ring (bicyclic) bond motifs is 6. The predicted octanol–water partition coefficient (Wildman–Crippen LogP) is 6.52. The second-order valence-corrected chi connectivity index (χ2v) is 13.6. The third-order valence-corrected chi connectivity index (χ3v) is 9.83. The van der Waals surface area contributed by atoms with Gasteiger partial charge in [0.15, 0.2) is 18.6 Å². The molecule has 1 aliphatic heterocycles. The molecule has 1 atom stereocenters. The van der Waals surface area contributed by atoms with E-state index >= 15 is 4.39 Å². The van der Waals surface area contributed by atoms with Crippen molar-refractivity contribution < 1.29 is 46.2 Å². The number of ketones is 1. The van der Waals surface area contributed by atoms with Crippen LogP contribution in [-0.2, 0) is 21.5 Å². The summed E-state index contributed by atoms with van der Waals surface area (Å²) in [4.78, 5) is 30.3. The van der Waals surface area contributed by atoms with Crippen LogP contribution in [0.2, 0.25) is 0 Å². The van der Waals surface area contributed by atoms with Crippen LogP contribution in [0.3, 0.4) is 0 Å². The number of aliphatic carboxylic acids is 1. The van der Waals surface area contributed by atoms with Crippen LogP contribution in [0.4, 0.5) is 14.5 Å².